The van der Waals surface area contributed by atoms with Gasteiger partial charge in [0.05, 0.1) is 11.6 Å². The van der Waals surface area contributed by atoms with Gasteiger partial charge in [-0.1, -0.05) is 49.0 Å². The number of unbranched alkanes of at least 4 members (excludes halogenated alkanes) is 1. The highest BCUT2D eigenvalue weighted by Crippen LogP contribution is 2.35. The van der Waals surface area contributed by atoms with Crippen molar-refractivity contribution in [2.45, 2.75) is 31.8 Å². The first-order chi connectivity index (χ1) is 11.3. The largest absolute Gasteiger partial charge is 0.383 e. The summed E-state index contributed by atoms with van der Waals surface area (Å²) in [6.45, 7) is 2.36. The van der Waals surface area contributed by atoms with Gasteiger partial charge >= 0.3 is 6.34 Å². The van der Waals surface area contributed by atoms with Crippen molar-refractivity contribution >= 4 is 35.9 Å². The van der Waals surface area contributed by atoms with Gasteiger partial charge in [-0.15, -0.1) is 5.01 Å². The van der Waals surface area contributed by atoms with Gasteiger partial charge < -0.3 is 20.4 Å². The van der Waals surface area contributed by atoms with Gasteiger partial charge in [0, 0.05) is 25.7 Å². The number of nitrogens with zero attached hydrogens (tertiary/aromatic N) is 4. The molecule has 0 spiro atoms. The van der Waals surface area contributed by atoms with Crippen molar-refractivity contribution in [3.63, 3.8) is 0 Å². The second-order valence-corrected chi connectivity index (χ2v) is 5.87. The summed E-state index contributed by atoms with van der Waals surface area (Å²) >= 11 is 12.2. The molecule has 1 aromatic carbocycles. The zero-order valence-corrected chi connectivity index (χ0v) is 14.4. The third kappa shape index (κ3) is 6.25. The van der Waals surface area contributed by atoms with E-state index in [0.29, 0.717) is 22.0 Å². The van der Waals surface area contributed by atoms with Gasteiger partial charge in [0.1, 0.15) is 5.60 Å². The predicted molar refractivity (Wildman–Crippen MR) is 92.9 cm³/mol. The van der Waals surface area contributed by atoms with Crippen LogP contribution in [-0.2, 0) is 5.60 Å². The van der Waals surface area contributed by atoms with Crippen LogP contribution in [0.15, 0.2) is 28.3 Å². The first-order valence-electron chi connectivity index (χ1n) is 7.03. The molecule has 0 aliphatic carbocycles. The second kappa shape index (κ2) is 9.34. The molecule has 0 aromatic heterocycles. The molecule has 1 aliphatic heterocycles. The maximum atomic E-state index is 11.0. The molecule has 1 heterocycles. The summed E-state index contributed by atoms with van der Waals surface area (Å²) in [5.74, 6) is 0. The Hall–Kier alpha value is -1.99. The van der Waals surface area contributed by atoms with E-state index in [1.165, 1.54) is 6.34 Å². The van der Waals surface area contributed by atoms with E-state index in [9.17, 15) is 5.11 Å². The van der Waals surface area contributed by atoms with Gasteiger partial charge in [0.25, 0.3) is 6.34 Å². The van der Waals surface area contributed by atoms with Gasteiger partial charge in [0.15, 0.2) is 0 Å². The van der Waals surface area contributed by atoms with Gasteiger partial charge in [-0.25, -0.2) is 0 Å². The van der Waals surface area contributed by atoms with Crippen LogP contribution in [0, 0.1) is 15.3 Å². The second-order valence-electron chi connectivity index (χ2n) is 5.03. The van der Waals surface area contributed by atoms with Gasteiger partial charge in [0.2, 0.25) is 0 Å². The number of aliphatic hydroxyl groups is 1. The maximum absolute atomic E-state index is 11.0. The normalized spacial score (nSPS) is 14.6. The maximum Gasteiger partial charge on any atom is 0.371 e. The zero-order chi connectivity index (χ0) is 18.2. The number of hydrogen-bond acceptors (Lipinski definition) is 7. The number of hydrazone groups is 1. The standard InChI is InChI=1S/C14H16Cl2N3O.NO3/c1-2-3-6-14(20,8-19-10-17-9-18-19)12-5-4-11(15)7-13(12)16;2-1(3)4/h4-5,7,10,20H,2-3,6,8H2,1H3;/q+1;-1. The Morgan fingerprint density at radius 3 is 2.58 bits per heavy atom. The lowest BCUT2D eigenvalue weighted by atomic mass is 9.88. The molecular weight excluding hydrogens is 359 g/mol. The highest BCUT2D eigenvalue weighted by molar-refractivity contribution is 6.35. The smallest absolute Gasteiger partial charge is 0.371 e. The van der Waals surface area contributed by atoms with E-state index in [1.807, 2.05) is 0 Å². The molecule has 10 heteroatoms. The van der Waals surface area contributed by atoms with E-state index in [0.717, 1.165) is 12.8 Å². The van der Waals surface area contributed by atoms with E-state index in [-0.39, 0.29) is 6.54 Å². The van der Waals surface area contributed by atoms with E-state index >= 15 is 0 Å². The summed E-state index contributed by atoms with van der Waals surface area (Å²) in [6.07, 6.45) is 6.46. The highest BCUT2D eigenvalue weighted by Gasteiger charge is 2.35. The minimum Gasteiger partial charge on any atom is -0.383 e. The fourth-order valence-electron chi connectivity index (χ4n) is 2.18. The van der Waals surface area contributed by atoms with Crippen LogP contribution in [0.25, 0.3) is 0 Å². The lowest BCUT2D eigenvalue weighted by molar-refractivity contribution is -0.402. The minimum absolute atomic E-state index is 0.283. The molecule has 1 unspecified atom stereocenters. The molecule has 130 valence electrons. The number of halogens is 2. The van der Waals surface area contributed by atoms with Crippen molar-refractivity contribution in [3.8, 4) is 0 Å². The van der Waals surface area contributed by atoms with E-state index < -0.39 is 10.7 Å². The summed E-state index contributed by atoms with van der Waals surface area (Å²) in [6, 6.07) is 5.14. The quantitative estimate of drug-likeness (QED) is 0.465. The highest BCUT2D eigenvalue weighted by atomic mass is 35.5. The summed E-state index contributed by atoms with van der Waals surface area (Å²) < 4.78 is 0. The van der Waals surface area contributed by atoms with Crippen LogP contribution in [0.2, 0.25) is 10.0 Å². The van der Waals surface area contributed by atoms with Crippen molar-refractivity contribution in [2.75, 3.05) is 6.54 Å². The molecule has 0 fully saturated rings. The molecular formula is C14H16Cl2N4O4. The van der Waals surface area contributed by atoms with Crippen molar-refractivity contribution in [1.82, 2.24) is 5.01 Å². The lowest BCUT2D eigenvalue weighted by Gasteiger charge is -2.30. The van der Waals surface area contributed by atoms with Crippen LogP contribution in [-0.4, -0.2) is 34.4 Å². The number of β-amino-alcohol motifs (C(OH)–C–C–N with tert-alkyl or cyclic N) is 1. The Balaban J connectivity index is 0.000000648. The molecule has 8 nitrogen and oxygen atoms in total. The van der Waals surface area contributed by atoms with Gasteiger partial charge in [-0.05, 0) is 18.6 Å². The topological polar surface area (TPSA) is 114 Å². The van der Waals surface area contributed by atoms with Crippen LogP contribution in [0.3, 0.4) is 0 Å². The predicted octanol–water partition coefficient (Wildman–Crippen LogP) is 3.30. The summed E-state index contributed by atoms with van der Waals surface area (Å²) in [5.41, 5.74) is -0.438. The number of hydrogen-bond donors (Lipinski definition) is 1. The Labute approximate surface area is 149 Å². The first kappa shape index (κ1) is 20.1. The molecule has 1 aromatic rings. The van der Waals surface area contributed by atoms with E-state index in [2.05, 4.69) is 23.4 Å². The average molecular weight is 375 g/mol. The van der Waals surface area contributed by atoms with Crippen LogP contribution in [0.1, 0.15) is 31.7 Å². The summed E-state index contributed by atoms with van der Waals surface area (Å²) in [7, 11) is 0. The molecule has 1 N–H and O–H groups in total. The number of aliphatic imine (C=N–C) groups is 1. The van der Waals surface area contributed by atoms with Gasteiger partial charge in [-0.2, -0.15) is 0 Å². The van der Waals surface area contributed by atoms with E-state index in [4.69, 9.17) is 38.5 Å². The van der Waals surface area contributed by atoms with Crippen LogP contribution in [0.4, 0.5) is 0 Å². The fourth-order valence-corrected chi connectivity index (χ4v) is 2.77. The Kier molecular flexibility index (Phi) is 7.81. The van der Waals surface area contributed by atoms with E-state index in [1.54, 1.807) is 23.2 Å². The Morgan fingerprint density at radius 2 is 2.08 bits per heavy atom. The third-order valence-electron chi connectivity index (χ3n) is 3.22. The lowest BCUT2D eigenvalue weighted by Crippen LogP contribution is -2.38. The number of benzene rings is 1. The van der Waals surface area contributed by atoms with Crippen LogP contribution < -0.4 is 0 Å². The number of rotatable bonds is 6. The van der Waals surface area contributed by atoms with Crippen molar-refractivity contribution in [1.29, 1.82) is 0 Å². The van der Waals surface area contributed by atoms with Gasteiger partial charge in [-0.3, -0.25) is 0 Å². The first-order valence-corrected chi connectivity index (χ1v) is 7.79. The summed E-state index contributed by atoms with van der Waals surface area (Å²) in [4.78, 5) is 12.0. The molecule has 0 bridgehead atoms. The molecule has 0 saturated carbocycles. The molecule has 1 atom stereocenters. The van der Waals surface area contributed by atoms with Crippen LogP contribution in [0.5, 0.6) is 0 Å². The Bertz CT molecular complexity index is 611. The van der Waals surface area contributed by atoms with Crippen molar-refractivity contribution in [2.24, 2.45) is 10.1 Å². The SMILES string of the molecule is CCCCC(O)(CN1C=N[C+]=N1)c1ccc(Cl)cc1Cl.O=[N+]([O-])[O-]. The molecule has 2 rings (SSSR count). The third-order valence-corrected chi connectivity index (χ3v) is 3.77. The minimum atomic E-state index is -1.75. The zero-order valence-electron chi connectivity index (χ0n) is 12.9. The molecule has 1 aliphatic rings. The molecule has 0 radical (unpaired) electrons. The average Bonchev–Trinajstić information content (AvgIpc) is 2.97. The Morgan fingerprint density at radius 1 is 1.42 bits per heavy atom. The van der Waals surface area contributed by atoms with Crippen molar-refractivity contribution < 1.29 is 10.2 Å². The van der Waals surface area contributed by atoms with Crippen LogP contribution >= 0.6 is 23.2 Å². The molecule has 24 heavy (non-hydrogen) atoms. The van der Waals surface area contributed by atoms with Crippen molar-refractivity contribution in [3.05, 3.63) is 49.1 Å². The summed E-state index contributed by atoms with van der Waals surface area (Å²) in [5, 5.41) is 32.3. The monoisotopic (exact) mass is 374 g/mol. The molecule has 0 saturated heterocycles. The fraction of sp³-hybridized carbons (Fsp3) is 0.429. The molecule has 0 amide bonds.